The number of fused-ring (bicyclic) bond motifs is 7. The topological polar surface area (TPSA) is 28.9 Å². The van der Waals surface area contributed by atoms with Crippen LogP contribution < -0.4 is 14.5 Å². The molecule has 64 heavy (non-hydrogen) atoms. The van der Waals surface area contributed by atoms with Gasteiger partial charge in [-0.05, 0) is 123 Å². The summed E-state index contributed by atoms with van der Waals surface area (Å²) in [6, 6.07) is 82.3. The molecule has 0 N–H and O–H groups in total. The van der Waals surface area contributed by atoms with E-state index in [-0.39, 0.29) is 0 Å². The fraction of sp³-hybridized carbons (Fsp3) is 0. The highest BCUT2D eigenvalue weighted by atomic mass is 16.5. The first-order chi connectivity index (χ1) is 31.7. The van der Waals surface area contributed by atoms with E-state index in [1.165, 1.54) is 32.7 Å². The smallest absolute Gasteiger partial charge is 0.137 e. The van der Waals surface area contributed by atoms with Crippen molar-refractivity contribution < 1.29 is 9.15 Å². The zero-order valence-corrected chi connectivity index (χ0v) is 34.7. The van der Waals surface area contributed by atoms with Crippen LogP contribution in [0, 0.1) is 0 Å². The standard InChI is InChI=1S/C60H38N2O2/c1-2-11-39(12-3-1)42-21-25-45(26-22-42)62(47-28-24-41-14-5-7-16-44(41)36-47)55-33-32-52-51-31-29-49(38-59(51)64-58-20-10-18-53(55)60(52)58)61(46-27-23-40-13-4-6-15-43(40)35-46)48-30-34-57-54(37-48)50-17-8-9-19-56(50)63-57/h1-38H. The molecule has 0 spiro atoms. The molecule has 0 bridgehead atoms. The molecule has 0 amide bonds. The van der Waals surface area contributed by atoms with Crippen molar-refractivity contribution in [1.82, 2.24) is 0 Å². The summed E-state index contributed by atoms with van der Waals surface area (Å²) in [5.74, 6) is 1.65. The van der Waals surface area contributed by atoms with Gasteiger partial charge in [-0.15, -0.1) is 0 Å². The summed E-state index contributed by atoms with van der Waals surface area (Å²) in [4.78, 5) is 4.70. The van der Waals surface area contributed by atoms with Crippen LogP contribution in [0.4, 0.5) is 34.1 Å². The third kappa shape index (κ3) is 5.92. The van der Waals surface area contributed by atoms with Crippen LogP contribution in [0.1, 0.15) is 0 Å². The molecular formula is C60H38N2O2. The first-order valence-corrected chi connectivity index (χ1v) is 21.7. The number of ether oxygens (including phenoxy) is 1. The Kier molecular flexibility index (Phi) is 8.18. The van der Waals surface area contributed by atoms with E-state index in [2.05, 4.69) is 228 Å². The van der Waals surface area contributed by atoms with E-state index < -0.39 is 0 Å². The maximum Gasteiger partial charge on any atom is 0.137 e. The normalized spacial score (nSPS) is 11.9. The monoisotopic (exact) mass is 818 g/mol. The van der Waals surface area contributed by atoms with Crippen molar-refractivity contribution in [2.24, 2.45) is 0 Å². The Morgan fingerprint density at radius 1 is 0.297 bits per heavy atom. The van der Waals surface area contributed by atoms with Crippen molar-refractivity contribution in [1.29, 1.82) is 0 Å². The van der Waals surface area contributed by atoms with Crippen molar-refractivity contribution in [2.75, 3.05) is 9.80 Å². The molecule has 300 valence electrons. The molecule has 2 heterocycles. The van der Waals surface area contributed by atoms with Gasteiger partial charge in [0.1, 0.15) is 22.7 Å². The third-order valence-corrected chi connectivity index (χ3v) is 12.8. The lowest BCUT2D eigenvalue weighted by Crippen LogP contribution is -2.12. The van der Waals surface area contributed by atoms with Gasteiger partial charge in [0.15, 0.2) is 0 Å². The fourth-order valence-electron chi connectivity index (χ4n) is 9.73. The number of nitrogens with zero attached hydrogens (tertiary/aromatic N) is 2. The molecular weight excluding hydrogens is 781 g/mol. The minimum Gasteiger partial charge on any atom is -0.456 e. The van der Waals surface area contributed by atoms with Crippen molar-refractivity contribution >= 4 is 88.4 Å². The summed E-state index contributed by atoms with van der Waals surface area (Å²) >= 11 is 0. The highest BCUT2D eigenvalue weighted by molar-refractivity contribution is 6.12. The summed E-state index contributed by atoms with van der Waals surface area (Å²) in [6.07, 6.45) is 0. The third-order valence-electron chi connectivity index (χ3n) is 12.8. The number of anilines is 6. The van der Waals surface area contributed by atoms with Gasteiger partial charge < -0.3 is 19.0 Å². The van der Waals surface area contributed by atoms with E-state index in [0.29, 0.717) is 0 Å². The summed E-state index contributed by atoms with van der Waals surface area (Å²) in [7, 11) is 0. The van der Waals surface area contributed by atoms with E-state index in [0.717, 1.165) is 89.5 Å². The number of para-hydroxylation sites is 1. The number of furan rings is 1. The molecule has 11 aromatic carbocycles. The van der Waals surface area contributed by atoms with Gasteiger partial charge in [-0.1, -0.05) is 140 Å². The molecule has 0 radical (unpaired) electrons. The van der Waals surface area contributed by atoms with E-state index in [1.54, 1.807) is 0 Å². The molecule has 0 fully saturated rings. The molecule has 0 saturated heterocycles. The highest BCUT2D eigenvalue weighted by Gasteiger charge is 2.26. The zero-order valence-electron chi connectivity index (χ0n) is 34.7. The van der Waals surface area contributed by atoms with E-state index in [9.17, 15) is 0 Å². The molecule has 0 atom stereocenters. The molecule has 1 aromatic heterocycles. The predicted molar refractivity (Wildman–Crippen MR) is 267 cm³/mol. The molecule has 4 heteroatoms. The van der Waals surface area contributed by atoms with Gasteiger partial charge in [0.05, 0.1) is 5.69 Å². The molecule has 0 saturated carbocycles. The van der Waals surface area contributed by atoms with Crippen LogP contribution in [0.15, 0.2) is 235 Å². The molecule has 12 aromatic rings. The van der Waals surface area contributed by atoms with Crippen LogP contribution in [0.25, 0.3) is 76.5 Å². The van der Waals surface area contributed by atoms with Gasteiger partial charge in [-0.2, -0.15) is 0 Å². The van der Waals surface area contributed by atoms with Crippen molar-refractivity contribution in [3.8, 4) is 33.8 Å². The molecule has 0 aliphatic carbocycles. The van der Waals surface area contributed by atoms with Crippen LogP contribution in [0.3, 0.4) is 0 Å². The Hall–Kier alpha value is -8.60. The van der Waals surface area contributed by atoms with Crippen LogP contribution in [-0.4, -0.2) is 0 Å². The Bertz CT molecular complexity index is 3780. The van der Waals surface area contributed by atoms with E-state index >= 15 is 0 Å². The lowest BCUT2D eigenvalue weighted by atomic mass is 9.92. The van der Waals surface area contributed by atoms with Crippen LogP contribution in [0.5, 0.6) is 11.5 Å². The van der Waals surface area contributed by atoms with Crippen molar-refractivity contribution in [2.45, 2.75) is 0 Å². The molecule has 13 rings (SSSR count). The number of rotatable bonds is 7. The van der Waals surface area contributed by atoms with Gasteiger partial charge in [0, 0.05) is 61.6 Å². The quantitative estimate of drug-likeness (QED) is 0.160. The van der Waals surface area contributed by atoms with Gasteiger partial charge in [0.2, 0.25) is 0 Å². The second-order valence-corrected chi connectivity index (χ2v) is 16.5. The van der Waals surface area contributed by atoms with Gasteiger partial charge in [-0.25, -0.2) is 0 Å². The average molecular weight is 819 g/mol. The zero-order chi connectivity index (χ0) is 42.1. The fourth-order valence-corrected chi connectivity index (χ4v) is 9.73. The number of hydrogen-bond donors (Lipinski definition) is 0. The Balaban J connectivity index is 0.952. The number of benzene rings is 11. The highest BCUT2D eigenvalue weighted by Crippen LogP contribution is 2.52. The first kappa shape index (κ1) is 36.1. The van der Waals surface area contributed by atoms with E-state index in [4.69, 9.17) is 9.15 Å². The molecule has 0 unspecified atom stereocenters. The second kappa shape index (κ2) is 14.5. The molecule has 1 aliphatic rings. The summed E-state index contributed by atoms with van der Waals surface area (Å²) in [6.45, 7) is 0. The summed E-state index contributed by atoms with van der Waals surface area (Å²) < 4.78 is 13.3. The van der Waals surface area contributed by atoms with E-state index in [1.807, 2.05) is 12.1 Å². The first-order valence-electron chi connectivity index (χ1n) is 21.7. The average Bonchev–Trinajstić information content (AvgIpc) is 3.73. The summed E-state index contributed by atoms with van der Waals surface area (Å²) in [5.41, 5.74) is 12.6. The predicted octanol–water partition coefficient (Wildman–Crippen LogP) is 17.4. The SMILES string of the molecule is c1ccc(-c2ccc(N(c3ccc4ccccc4c3)c3ccc4c5c(cccc35)Oc3cc(N(c5ccc6ccccc6c5)c5ccc6oc7ccccc7c6c5)ccc3-4)cc2)cc1. The van der Waals surface area contributed by atoms with Crippen LogP contribution in [0.2, 0.25) is 0 Å². The Labute approximate surface area is 370 Å². The van der Waals surface area contributed by atoms with Gasteiger partial charge >= 0.3 is 0 Å². The summed E-state index contributed by atoms with van der Waals surface area (Å²) in [5, 5.41) is 9.16. The maximum absolute atomic E-state index is 7.01. The Morgan fingerprint density at radius 3 is 1.64 bits per heavy atom. The largest absolute Gasteiger partial charge is 0.456 e. The molecule has 4 nitrogen and oxygen atoms in total. The van der Waals surface area contributed by atoms with Crippen LogP contribution in [-0.2, 0) is 0 Å². The lowest BCUT2D eigenvalue weighted by Gasteiger charge is -2.30. The number of hydrogen-bond acceptors (Lipinski definition) is 4. The van der Waals surface area contributed by atoms with Crippen molar-refractivity contribution in [3.05, 3.63) is 231 Å². The van der Waals surface area contributed by atoms with Gasteiger partial charge in [0.25, 0.3) is 0 Å². The maximum atomic E-state index is 7.01. The second-order valence-electron chi connectivity index (χ2n) is 16.5. The van der Waals surface area contributed by atoms with Crippen LogP contribution >= 0.6 is 0 Å². The minimum atomic E-state index is 0.814. The molecule has 1 aliphatic heterocycles. The van der Waals surface area contributed by atoms with Gasteiger partial charge in [-0.3, -0.25) is 0 Å². The lowest BCUT2D eigenvalue weighted by molar-refractivity contribution is 0.487. The van der Waals surface area contributed by atoms with Crippen molar-refractivity contribution in [3.63, 3.8) is 0 Å². The minimum absolute atomic E-state index is 0.814. The Morgan fingerprint density at radius 2 is 0.859 bits per heavy atom.